The first-order chi connectivity index (χ1) is 13.8. The number of alkyl carbamates (subject to hydrolysis) is 1. The number of aryl methyl sites for hydroxylation is 1. The van der Waals surface area contributed by atoms with Gasteiger partial charge in [-0.2, -0.15) is 0 Å². The van der Waals surface area contributed by atoms with Crippen LogP contribution in [0.2, 0.25) is 0 Å². The molecular weight excluding hydrogens is 406 g/mol. The van der Waals surface area contributed by atoms with E-state index < -0.39 is 15.7 Å². The zero-order chi connectivity index (χ0) is 22.9. The van der Waals surface area contributed by atoms with Crippen molar-refractivity contribution in [3.05, 3.63) is 54.4 Å². The van der Waals surface area contributed by atoms with Gasteiger partial charge in [-0.15, -0.1) is 0 Å². The van der Waals surface area contributed by atoms with E-state index in [0.29, 0.717) is 13.1 Å². The highest BCUT2D eigenvalue weighted by Gasteiger charge is 2.15. The molecule has 166 valence electrons. The molecule has 9 heteroatoms. The van der Waals surface area contributed by atoms with Crippen molar-refractivity contribution in [3.8, 4) is 0 Å². The normalized spacial score (nSPS) is 11.2. The molecule has 1 N–H and O–H groups in total. The second-order valence-corrected chi connectivity index (χ2v) is 9.26. The highest BCUT2D eigenvalue weighted by molar-refractivity contribution is 7.85. The summed E-state index contributed by atoms with van der Waals surface area (Å²) in [5.41, 5.74) is 1.62. The number of carbonyl (C=O) groups excluding carboxylic acids is 1. The molecule has 1 amide bonds. The minimum atomic E-state index is -4.27. The first kappa shape index (κ1) is 25.4. The summed E-state index contributed by atoms with van der Waals surface area (Å²) in [4.78, 5) is 13.3. The van der Waals surface area contributed by atoms with Crippen molar-refractivity contribution in [2.24, 2.45) is 0 Å². The Hall–Kier alpha value is -2.65. The Labute approximate surface area is 179 Å². The van der Waals surface area contributed by atoms with Gasteiger partial charge in [-0.1, -0.05) is 17.7 Å². The number of aromatic nitrogens is 1. The van der Waals surface area contributed by atoms with Crippen LogP contribution in [0.1, 0.15) is 26.3 Å². The van der Waals surface area contributed by atoms with Crippen LogP contribution in [0.4, 0.5) is 10.5 Å². The lowest BCUT2D eigenvalue weighted by Crippen LogP contribution is -2.41. The number of nitrogens with one attached hydrogen (secondary N) is 1. The Morgan fingerprint density at radius 1 is 1.10 bits per heavy atom. The van der Waals surface area contributed by atoms with Crippen molar-refractivity contribution in [1.29, 1.82) is 0 Å². The van der Waals surface area contributed by atoms with Gasteiger partial charge in [-0.25, -0.2) is 17.8 Å². The minimum absolute atomic E-state index is 0.178. The number of hydrogen-bond acceptors (Lipinski definition) is 6. The summed E-state index contributed by atoms with van der Waals surface area (Å²) in [6.07, 6.45) is 3.61. The molecule has 0 aliphatic rings. The lowest BCUT2D eigenvalue weighted by molar-refractivity contribution is -0.694. The number of anilines is 1. The summed E-state index contributed by atoms with van der Waals surface area (Å²) in [6, 6.07) is 9.85. The molecule has 1 aromatic carbocycles. The number of benzene rings is 1. The first-order valence-electron chi connectivity index (χ1n) is 9.44. The van der Waals surface area contributed by atoms with E-state index in [4.69, 9.17) is 4.74 Å². The largest absolute Gasteiger partial charge is 0.744 e. The monoisotopic (exact) mass is 437 g/mol. The second kappa shape index (κ2) is 10.9. The smallest absolute Gasteiger partial charge is 0.407 e. The molecule has 0 saturated carbocycles. The zero-order valence-corrected chi connectivity index (χ0v) is 19.2. The third-order valence-electron chi connectivity index (χ3n) is 3.74. The van der Waals surface area contributed by atoms with Crippen molar-refractivity contribution in [3.63, 3.8) is 0 Å². The van der Waals surface area contributed by atoms with Gasteiger partial charge in [0.05, 0.1) is 11.4 Å². The van der Waals surface area contributed by atoms with Crippen LogP contribution in [-0.4, -0.2) is 45.3 Å². The fraction of sp³-hybridized carbons (Fsp3) is 0.429. The molecule has 1 aromatic heterocycles. The second-order valence-electron chi connectivity index (χ2n) is 7.88. The van der Waals surface area contributed by atoms with Gasteiger partial charge in [0.15, 0.2) is 18.9 Å². The molecular formula is C21H31N3O5S. The maximum absolute atomic E-state index is 11.4. The van der Waals surface area contributed by atoms with Gasteiger partial charge >= 0.3 is 6.09 Å². The highest BCUT2D eigenvalue weighted by atomic mass is 32.2. The Kier molecular flexibility index (Phi) is 9.25. The number of amides is 1. The number of hydrogen-bond donors (Lipinski definition) is 1. The Balaban J connectivity index is 0.000000346. The van der Waals surface area contributed by atoms with E-state index in [1.165, 1.54) is 12.1 Å². The Bertz CT molecular complexity index is 903. The summed E-state index contributed by atoms with van der Waals surface area (Å²) in [7, 11) is -0.262. The first-order valence-corrected chi connectivity index (χ1v) is 10.8. The average molecular weight is 438 g/mol. The van der Waals surface area contributed by atoms with Crippen LogP contribution in [0.25, 0.3) is 0 Å². The van der Waals surface area contributed by atoms with Gasteiger partial charge in [0.25, 0.3) is 0 Å². The van der Waals surface area contributed by atoms with Crippen molar-refractivity contribution in [1.82, 2.24) is 5.32 Å². The van der Waals surface area contributed by atoms with Crippen LogP contribution < -0.4 is 14.8 Å². The molecule has 0 unspecified atom stereocenters. The summed E-state index contributed by atoms with van der Waals surface area (Å²) in [5, 5.41) is 2.73. The molecule has 0 saturated heterocycles. The number of carbonyl (C=O) groups is 1. The predicted molar refractivity (Wildman–Crippen MR) is 114 cm³/mol. The summed E-state index contributed by atoms with van der Waals surface area (Å²) < 4.78 is 38.3. The van der Waals surface area contributed by atoms with Crippen molar-refractivity contribution in [2.75, 3.05) is 25.5 Å². The molecule has 2 aromatic rings. The fourth-order valence-corrected chi connectivity index (χ4v) is 2.67. The van der Waals surface area contributed by atoms with Crippen LogP contribution in [0.5, 0.6) is 0 Å². The Morgan fingerprint density at radius 3 is 2.07 bits per heavy atom. The quantitative estimate of drug-likeness (QED) is 0.569. The number of pyridine rings is 1. The predicted octanol–water partition coefficient (Wildman–Crippen LogP) is 2.46. The van der Waals surface area contributed by atoms with Gasteiger partial charge < -0.3 is 19.5 Å². The molecule has 0 spiro atoms. The SMILES string of the molecule is CN(C)c1cc[n+](CCNC(=O)OC(C)(C)C)cc1.Cc1ccc(S(=O)(=O)[O-])cc1. The zero-order valence-electron chi connectivity index (χ0n) is 18.4. The van der Waals surface area contributed by atoms with Crippen molar-refractivity contribution < 1.29 is 27.1 Å². The Morgan fingerprint density at radius 2 is 1.63 bits per heavy atom. The number of nitrogens with zero attached hydrogens (tertiary/aromatic N) is 2. The van der Waals surface area contributed by atoms with Crippen molar-refractivity contribution >= 4 is 21.9 Å². The average Bonchev–Trinajstić information content (AvgIpc) is 2.61. The van der Waals surface area contributed by atoms with Gasteiger partial charge in [-0.3, -0.25) is 0 Å². The lowest BCUT2D eigenvalue weighted by Gasteiger charge is -2.19. The van der Waals surface area contributed by atoms with Crippen LogP contribution >= 0.6 is 0 Å². The third kappa shape index (κ3) is 10.2. The summed E-state index contributed by atoms with van der Waals surface area (Å²) in [5.74, 6) is 0. The molecule has 0 aliphatic carbocycles. The third-order valence-corrected chi connectivity index (χ3v) is 4.59. The van der Waals surface area contributed by atoms with E-state index in [-0.39, 0.29) is 11.0 Å². The van der Waals surface area contributed by atoms with Gasteiger partial charge in [0.2, 0.25) is 0 Å². The molecule has 0 aliphatic heterocycles. The van der Waals surface area contributed by atoms with Crippen LogP contribution in [0.3, 0.4) is 0 Å². The molecule has 2 rings (SSSR count). The van der Waals surface area contributed by atoms with E-state index in [1.807, 2.05) is 75.8 Å². The summed E-state index contributed by atoms with van der Waals surface area (Å²) in [6.45, 7) is 8.62. The van der Waals surface area contributed by atoms with Gasteiger partial charge in [0.1, 0.15) is 15.7 Å². The maximum atomic E-state index is 11.4. The van der Waals surface area contributed by atoms with E-state index in [9.17, 15) is 17.8 Å². The van der Waals surface area contributed by atoms with E-state index >= 15 is 0 Å². The summed E-state index contributed by atoms with van der Waals surface area (Å²) >= 11 is 0. The minimum Gasteiger partial charge on any atom is -0.744 e. The van der Waals surface area contributed by atoms with E-state index in [1.54, 1.807) is 12.1 Å². The molecule has 0 bridgehead atoms. The lowest BCUT2D eigenvalue weighted by atomic mass is 10.2. The fourth-order valence-electron chi connectivity index (χ4n) is 2.20. The molecule has 0 fully saturated rings. The molecule has 0 atom stereocenters. The van der Waals surface area contributed by atoms with Gasteiger partial charge in [-0.05, 0) is 39.8 Å². The van der Waals surface area contributed by atoms with Gasteiger partial charge in [0, 0.05) is 31.9 Å². The molecule has 8 nitrogen and oxygen atoms in total. The van der Waals surface area contributed by atoms with Crippen LogP contribution in [0, 0.1) is 6.92 Å². The molecule has 0 radical (unpaired) electrons. The maximum Gasteiger partial charge on any atom is 0.407 e. The molecule has 30 heavy (non-hydrogen) atoms. The highest BCUT2D eigenvalue weighted by Crippen LogP contribution is 2.08. The van der Waals surface area contributed by atoms with Crippen LogP contribution in [0.15, 0.2) is 53.7 Å². The number of ether oxygens (including phenoxy) is 1. The van der Waals surface area contributed by atoms with E-state index in [0.717, 1.165) is 11.3 Å². The topological polar surface area (TPSA) is 103 Å². The van der Waals surface area contributed by atoms with Crippen LogP contribution in [-0.2, 0) is 21.4 Å². The van der Waals surface area contributed by atoms with E-state index in [2.05, 4.69) is 5.32 Å². The molecule has 1 heterocycles. The standard InChI is InChI=1S/C14H23N3O2.C7H8O3S/c1-14(2,3)19-13(18)15-8-11-17-9-6-12(7-10-17)16(4)5;1-6-2-4-7(5-3-6)11(8,9)10/h6-7,9-10H,8,11H2,1-5H3;2-5H,1H3,(H,8,9,10). The van der Waals surface area contributed by atoms with Crippen molar-refractivity contribution in [2.45, 2.75) is 44.7 Å². The number of rotatable bonds is 5.